The molecule has 0 atom stereocenters. The number of hydrogen-bond donors (Lipinski definition) is 1. The Morgan fingerprint density at radius 2 is 2.00 bits per heavy atom. The molecule has 0 aromatic heterocycles. The third-order valence-electron chi connectivity index (χ3n) is 2.69. The normalized spacial score (nSPS) is 16.3. The van der Waals surface area contributed by atoms with Gasteiger partial charge in [0.15, 0.2) is 0 Å². The molecule has 4 nitrogen and oxygen atoms in total. The topological polar surface area (TPSA) is 49.2 Å². The van der Waals surface area contributed by atoms with E-state index in [1.165, 1.54) is 15.4 Å². The Morgan fingerprint density at radius 1 is 1.31 bits per heavy atom. The maximum Gasteiger partial charge on any atom is 0.279 e. The summed E-state index contributed by atoms with van der Waals surface area (Å²) in [6.45, 7) is 3.80. The first-order chi connectivity index (χ1) is 7.59. The first kappa shape index (κ1) is 11.6. The van der Waals surface area contributed by atoms with Gasteiger partial charge in [0, 0.05) is 19.6 Å². The van der Waals surface area contributed by atoms with Crippen molar-refractivity contribution in [1.82, 2.24) is 9.03 Å². The highest BCUT2D eigenvalue weighted by Crippen LogP contribution is 2.10. The summed E-state index contributed by atoms with van der Waals surface area (Å²) >= 11 is 0. The standard InChI is InChI=1S/C11H16N2O2S/c1-10-4-2-3-5-11(10)6-7-12-16(14,15)13-8-9-13/h2-5,12H,6-9H2,1H3. The summed E-state index contributed by atoms with van der Waals surface area (Å²) in [4.78, 5) is 0. The van der Waals surface area contributed by atoms with Crippen molar-refractivity contribution in [2.45, 2.75) is 13.3 Å². The van der Waals surface area contributed by atoms with Gasteiger partial charge in [0.25, 0.3) is 10.2 Å². The molecule has 1 heterocycles. The molecule has 1 saturated heterocycles. The number of hydrogen-bond acceptors (Lipinski definition) is 2. The lowest BCUT2D eigenvalue weighted by Gasteiger charge is -2.08. The largest absolute Gasteiger partial charge is 0.279 e. The summed E-state index contributed by atoms with van der Waals surface area (Å²) in [5.41, 5.74) is 2.39. The molecule has 0 radical (unpaired) electrons. The Kier molecular flexibility index (Phi) is 3.28. The van der Waals surface area contributed by atoms with E-state index >= 15 is 0 Å². The smallest absolute Gasteiger partial charge is 0.202 e. The molecule has 0 unspecified atom stereocenters. The van der Waals surface area contributed by atoms with Crippen LogP contribution in [0.5, 0.6) is 0 Å². The number of nitrogens with one attached hydrogen (secondary N) is 1. The number of benzene rings is 1. The fraction of sp³-hybridized carbons (Fsp3) is 0.455. The Bertz CT molecular complexity index is 467. The predicted octanol–water partition coefficient (Wildman–Crippen LogP) is 0.688. The molecule has 0 saturated carbocycles. The third-order valence-corrected chi connectivity index (χ3v) is 4.30. The van der Waals surface area contributed by atoms with Gasteiger partial charge < -0.3 is 0 Å². The van der Waals surface area contributed by atoms with Crippen molar-refractivity contribution in [1.29, 1.82) is 0 Å². The monoisotopic (exact) mass is 240 g/mol. The zero-order valence-corrected chi connectivity index (χ0v) is 10.1. The van der Waals surface area contributed by atoms with E-state index < -0.39 is 10.2 Å². The second kappa shape index (κ2) is 4.53. The molecule has 16 heavy (non-hydrogen) atoms. The van der Waals surface area contributed by atoms with Crippen LogP contribution in [0.4, 0.5) is 0 Å². The fourth-order valence-corrected chi connectivity index (χ4v) is 2.68. The van der Waals surface area contributed by atoms with Crippen molar-refractivity contribution in [3.63, 3.8) is 0 Å². The fourth-order valence-electron chi connectivity index (χ4n) is 1.58. The minimum absolute atomic E-state index is 0.462. The third kappa shape index (κ3) is 2.81. The van der Waals surface area contributed by atoms with E-state index in [4.69, 9.17) is 0 Å². The molecule has 1 aliphatic heterocycles. The Balaban J connectivity index is 1.86. The molecule has 0 aliphatic carbocycles. The molecule has 0 bridgehead atoms. The summed E-state index contributed by atoms with van der Waals surface area (Å²) in [5, 5.41) is 0. The first-order valence-corrected chi connectivity index (χ1v) is 6.83. The Labute approximate surface area is 96.5 Å². The van der Waals surface area contributed by atoms with Crippen LogP contribution in [0, 0.1) is 6.92 Å². The van der Waals surface area contributed by atoms with E-state index in [0.29, 0.717) is 19.6 Å². The summed E-state index contributed by atoms with van der Waals surface area (Å²) in [6.07, 6.45) is 0.736. The molecular weight excluding hydrogens is 224 g/mol. The van der Waals surface area contributed by atoms with Gasteiger partial charge in [0.05, 0.1) is 0 Å². The van der Waals surface area contributed by atoms with Gasteiger partial charge in [0.2, 0.25) is 0 Å². The maximum atomic E-state index is 11.5. The quantitative estimate of drug-likeness (QED) is 0.770. The van der Waals surface area contributed by atoms with E-state index in [-0.39, 0.29) is 0 Å². The molecule has 88 valence electrons. The van der Waals surface area contributed by atoms with Crippen LogP contribution in [0.25, 0.3) is 0 Å². The van der Waals surface area contributed by atoms with Crippen LogP contribution in [0.3, 0.4) is 0 Å². The average Bonchev–Trinajstić information content (AvgIpc) is 3.04. The van der Waals surface area contributed by atoms with Crippen LogP contribution in [-0.2, 0) is 16.6 Å². The second-order valence-corrected chi connectivity index (χ2v) is 5.73. The summed E-state index contributed by atoms with van der Waals surface area (Å²) in [6, 6.07) is 8.02. The highest BCUT2D eigenvalue weighted by atomic mass is 32.2. The van der Waals surface area contributed by atoms with Crippen molar-refractivity contribution < 1.29 is 8.42 Å². The predicted molar refractivity (Wildman–Crippen MR) is 63.4 cm³/mol. The van der Waals surface area contributed by atoms with Gasteiger partial charge in [-0.05, 0) is 24.5 Å². The molecule has 1 aromatic carbocycles. The zero-order valence-electron chi connectivity index (χ0n) is 9.31. The van der Waals surface area contributed by atoms with Crippen molar-refractivity contribution in [3.05, 3.63) is 35.4 Å². The summed E-state index contributed by atoms with van der Waals surface area (Å²) in [7, 11) is -3.19. The molecule has 2 rings (SSSR count). The Hall–Kier alpha value is -0.910. The van der Waals surface area contributed by atoms with Gasteiger partial charge in [-0.15, -0.1) is 0 Å². The van der Waals surface area contributed by atoms with Crippen LogP contribution in [0.15, 0.2) is 24.3 Å². The minimum Gasteiger partial charge on any atom is -0.202 e. The van der Waals surface area contributed by atoms with E-state index in [2.05, 4.69) is 4.72 Å². The lowest BCUT2D eigenvalue weighted by Crippen LogP contribution is -2.31. The van der Waals surface area contributed by atoms with Gasteiger partial charge in [-0.25, -0.2) is 4.72 Å². The van der Waals surface area contributed by atoms with Crippen LogP contribution in [0.1, 0.15) is 11.1 Å². The summed E-state index contributed by atoms with van der Waals surface area (Å²) in [5.74, 6) is 0. The van der Waals surface area contributed by atoms with Crippen LogP contribution < -0.4 is 4.72 Å². The van der Waals surface area contributed by atoms with Crippen molar-refractivity contribution in [3.8, 4) is 0 Å². The number of nitrogens with zero attached hydrogens (tertiary/aromatic N) is 1. The van der Waals surface area contributed by atoms with E-state index in [1.54, 1.807) is 0 Å². The van der Waals surface area contributed by atoms with Crippen LogP contribution >= 0.6 is 0 Å². The Morgan fingerprint density at radius 3 is 2.62 bits per heavy atom. The number of rotatable bonds is 5. The van der Waals surface area contributed by atoms with Crippen LogP contribution in [-0.4, -0.2) is 32.4 Å². The average molecular weight is 240 g/mol. The van der Waals surface area contributed by atoms with Gasteiger partial charge in [-0.3, -0.25) is 0 Å². The molecule has 0 amide bonds. The van der Waals surface area contributed by atoms with Gasteiger partial charge in [-0.1, -0.05) is 24.3 Å². The van der Waals surface area contributed by atoms with E-state index in [0.717, 1.165) is 6.42 Å². The van der Waals surface area contributed by atoms with Gasteiger partial charge in [0.1, 0.15) is 0 Å². The molecule has 1 aromatic rings. The van der Waals surface area contributed by atoms with Crippen LogP contribution in [0.2, 0.25) is 0 Å². The first-order valence-electron chi connectivity index (χ1n) is 5.39. The van der Waals surface area contributed by atoms with Gasteiger partial charge >= 0.3 is 0 Å². The van der Waals surface area contributed by atoms with Crippen molar-refractivity contribution >= 4 is 10.2 Å². The molecular formula is C11H16N2O2S. The highest BCUT2D eigenvalue weighted by Gasteiger charge is 2.30. The lowest BCUT2D eigenvalue weighted by atomic mass is 10.1. The minimum atomic E-state index is -3.19. The van der Waals surface area contributed by atoms with Crippen molar-refractivity contribution in [2.24, 2.45) is 0 Å². The molecule has 1 N–H and O–H groups in total. The highest BCUT2D eigenvalue weighted by molar-refractivity contribution is 7.87. The molecule has 0 spiro atoms. The van der Waals surface area contributed by atoms with E-state index in [1.807, 2.05) is 31.2 Å². The number of aryl methyl sites for hydroxylation is 1. The SMILES string of the molecule is Cc1ccccc1CCNS(=O)(=O)N1CC1. The molecule has 1 aliphatic rings. The van der Waals surface area contributed by atoms with E-state index in [9.17, 15) is 8.42 Å². The maximum absolute atomic E-state index is 11.5. The summed E-state index contributed by atoms with van der Waals surface area (Å²) < 4.78 is 27.0. The van der Waals surface area contributed by atoms with Gasteiger partial charge in [-0.2, -0.15) is 12.7 Å². The second-order valence-electron chi connectivity index (χ2n) is 3.97. The lowest BCUT2D eigenvalue weighted by molar-refractivity contribution is 0.547. The molecule has 5 heteroatoms. The van der Waals surface area contributed by atoms with Crippen molar-refractivity contribution in [2.75, 3.05) is 19.6 Å². The molecule has 1 fully saturated rings. The zero-order chi connectivity index (χ0) is 11.6.